The maximum atomic E-state index is 14.4. The van der Waals surface area contributed by atoms with E-state index in [4.69, 9.17) is 11.6 Å². The van der Waals surface area contributed by atoms with E-state index in [-0.39, 0.29) is 23.8 Å². The number of carbonyl (C=O) groups is 2. The number of anilines is 1. The van der Waals surface area contributed by atoms with Crippen LogP contribution in [0.4, 0.5) is 5.69 Å². The molecule has 1 N–H and O–H groups in total. The van der Waals surface area contributed by atoms with Gasteiger partial charge in [-0.2, -0.15) is 0 Å². The van der Waals surface area contributed by atoms with E-state index >= 15 is 0 Å². The molecular formula is C34H36ClN3O4S. The highest BCUT2D eigenvalue weighted by molar-refractivity contribution is 7.92. The van der Waals surface area contributed by atoms with Crippen LogP contribution >= 0.6 is 11.6 Å². The first-order valence-electron chi connectivity index (χ1n) is 14.1. The Kier molecular flexibility index (Phi) is 10.6. The summed E-state index contributed by atoms with van der Waals surface area (Å²) >= 11 is 6.28. The van der Waals surface area contributed by atoms with Gasteiger partial charge in [0.25, 0.3) is 10.0 Å². The van der Waals surface area contributed by atoms with Gasteiger partial charge in [-0.25, -0.2) is 8.42 Å². The van der Waals surface area contributed by atoms with Crippen molar-refractivity contribution in [2.45, 2.75) is 44.7 Å². The van der Waals surface area contributed by atoms with Gasteiger partial charge in [0.1, 0.15) is 12.6 Å². The molecule has 0 aliphatic rings. The van der Waals surface area contributed by atoms with Gasteiger partial charge < -0.3 is 10.2 Å². The maximum Gasteiger partial charge on any atom is 0.264 e. The lowest BCUT2D eigenvalue weighted by Crippen LogP contribution is -2.53. The van der Waals surface area contributed by atoms with E-state index in [0.717, 1.165) is 21.0 Å². The second kappa shape index (κ2) is 14.4. The Morgan fingerprint density at radius 3 is 2.09 bits per heavy atom. The average Bonchev–Trinajstić information content (AvgIpc) is 3.00. The molecule has 4 aromatic rings. The van der Waals surface area contributed by atoms with Gasteiger partial charge in [0.2, 0.25) is 11.8 Å². The van der Waals surface area contributed by atoms with Gasteiger partial charge in [0.15, 0.2) is 0 Å². The molecule has 43 heavy (non-hydrogen) atoms. The van der Waals surface area contributed by atoms with Crippen LogP contribution in [0.25, 0.3) is 0 Å². The first-order valence-corrected chi connectivity index (χ1v) is 15.9. The molecule has 4 aromatic carbocycles. The lowest BCUT2D eigenvalue weighted by atomic mass is 10.0. The Labute approximate surface area is 259 Å². The Morgan fingerprint density at radius 1 is 0.814 bits per heavy atom. The molecule has 9 heteroatoms. The van der Waals surface area contributed by atoms with E-state index in [1.807, 2.05) is 63.2 Å². The molecule has 7 nitrogen and oxygen atoms in total. The molecule has 0 unspecified atom stereocenters. The molecule has 1 atom stereocenters. The van der Waals surface area contributed by atoms with Crippen LogP contribution in [0.2, 0.25) is 5.02 Å². The summed E-state index contributed by atoms with van der Waals surface area (Å²) in [6, 6.07) is 28.9. The molecule has 0 fully saturated rings. The number of hydrogen-bond acceptors (Lipinski definition) is 4. The Hall–Kier alpha value is -4.14. The van der Waals surface area contributed by atoms with Crippen molar-refractivity contribution in [3.05, 3.63) is 130 Å². The summed E-state index contributed by atoms with van der Waals surface area (Å²) in [5.41, 5.74) is 3.82. The number of halogens is 1. The molecule has 2 amide bonds. The van der Waals surface area contributed by atoms with E-state index in [1.54, 1.807) is 48.5 Å². The molecule has 224 valence electrons. The number of benzene rings is 4. The van der Waals surface area contributed by atoms with Crippen LogP contribution < -0.4 is 9.62 Å². The smallest absolute Gasteiger partial charge is 0.264 e. The van der Waals surface area contributed by atoms with E-state index in [2.05, 4.69) is 5.32 Å². The van der Waals surface area contributed by atoms with Crippen LogP contribution in [0.5, 0.6) is 0 Å². The number of nitrogens with one attached hydrogen (secondary N) is 1. The fourth-order valence-corrected chi connectivity index (χ4v) is 6.45. The summed E-state index contributed by atoms with van der Waals surface area (Å²) in [5, 5.41) is 3.35. The highest BCUT2D eigenvalue weighted by atomic mass is 35.5. The summed E-state index contributed by atoms with van der Waals surface area (Å²) in [5.74, 6) is -0.852. The van der Waals surface area contributed by atoms with Gasteiger partial charge in [0, 0.05) is 24.5 Å². The highest BCUT2D eigenvalue weighted by Crippen LogP contribution is 2.27. The van der Waals surface area contributed by atoms with Crippen molar-refractivity contribution in [1.29, 1.82) is 0 Å². The fraction of sp³-hybridized carbons (Fsp3) is 0.235. The van der Waals surface area contributed by atoms with Crippen molar-refractivity contribution in [2.24, 2.45) is 0 Å². The Morgan fingerprint density at radius 2 is 1.47 bits per heavy atom. The third kappa shape index (κ3) is 8.03. The number of likely N-dealkylation sites (N-methyl/N-ethyl adjacent to an activating group) is 1. The summed E-state index contributed by atoms with van der Waals surface area (Å²) in [7, 11) is -4.14. The molecule has 0 aromatic heterocycles. The topological polar surface area (TPSA) is 86.8 Å². The standard InChI is InChI=1S/C34H36ClN3O4S/c1-4-36-34(40)32(22-27-12-7-5-8-13-27)37(23-28-14-11-15-29(35)21-28)33(39)24-38(30-19-18-25(2)26(3)20-30)43(41,42)31-16-9-6-10-17-31/h5-21,32H,4,22-24H2,1-3H3,(H,36,40)/t32-/m1/s1. The van der Waals surface area contributed by atoms with E-state index in [1.165, 1.54) is 17.0 Å². The minimum absolute atomic E-state index is 0.0557. The van der Waals surface area contributed by atoms with Crippen molar-refractivity contribution >= 4 is 39.1 Å². The SMILES string of the molecule is CCNC(=O)[C@@H](Cc1ccccc1)N(Cc1cccc(Cl)c1)C(=O)CN(c1ccc(C)c(C)c1)S(=O)(=O)c1ccccc1. The molecular weight excluding hydrogens is 582 g/mol. The van der Waals surface area contributed by atoms with Gasteiger partial charge in [-0.3, -0.25) is 13.9 Å². The van der Waals surface area contributed by atoms with Crippen molar-refractivity contribution < 1.29 is 18.0 Å². The summed E-state index contributed by atoms with van der Waals surface area (Å²) in [6.45, 7) is 5.57. The molecule has 0 heterocycles. The third-order valence-corrected chi connectivity index (χ3v) is 9.28. The van der Waals surface area contributed by atoms with Crippen molar-refractivity contribution in [1.82, 2.24) is 10.2 Å². The minimum Gasteiger partial charge on any atom is -0.355 e. The Bertz CT molecular complexity index is 1660. The van der Waals surface area contributed by atoms with Crippen LogP contribution in [-0.2, 0) is 32.6 Å². The quantitative estimate of drug-likeness (QED) is 0.214. The van der Waals surface area contributed by atoms with Gasteiger partial charge >= 0.3 is 0 Å². The first-order chi connectivity index (χ1) is 20.6. The first kappa shape index (κ1) is 31.8. The largest absolute Gasteiger partial charge is 0.355 e. The normalized spacial score (nSPS) is 11.9. The molecule has 0 spiro atoms. The Balaban J connectivity index is 1.81. The van der Waals surface area contributed by atoms with Crippen LogP contribution in [0, 0.1) is 13.8 Å². The summed E-state index contributed by atoms with van der Waals surface area (Å²) in [6.07, 6.45) is 0.244. The number of carbonyl (C=O) groups excluding carboxylic acids is 2. The van der Waals surface area contributed by atoms with E-state index < -0.39 is 28.5 Å². The van der Waals surface area contributed by atoms with Crippen molar-refractivity contribution in [3.63, 3.8) is 0 Å². The zero-order valence-electron chi connectivity index (χ0n) is 24.5. The monoisotopic (exact) mass is 617 g/mol. The van der Waals surface area contributed by atoms with Gasteiger partial charge in [0.05, 0.1) is 10.6 Å². The lowest BCUT2D eigenvalue weighted by Gasteiger charge is -2.34. The van der Waals surface area contributed by atoms with Gasteiger partial charge in [-0.1, -0.05) is 78.3 Å². The van der Waals surface area contributed by atoms with Gasteiger partial charge in [-0.15, -0.1) is 0 Å². The molecule has 0 aliphatic carbocycles. The van der Waals surface area contributed by atoms with Crippen LogP contribution in [0.1, 0.15) is 29.2 Å². The summed E-state index contributed by atoms with van der Waals surface area (Å²) < 4.78 is 29.2. The zero-order chi connectivity index (χ0) is 31.0. The van der Waals surface area contributed by atoms with Crippen molar-refractivity contribution in [2.75, 3.05) is 17.4 Å². The molecule has 0 saturated heterocycles. The number of hydrogen-bond donors (Lipinski definition) is 1. The minimum atomic E-state index is -4.14. The van der Waals surface area contributed by atoms with Crippen LogP contribution in [-0.4, -0.2) is 44.3 Å². The predicted octanol–water partition coefficient (Wildman–Crippen LogP) is 5.93. The van der Waals surface area contributed by atoms with Crippen LogP contribution in [0.3, 0.4) is 0 Å². The second-order valence-electron chi connectivity index (χ2n) is 10.3. The van der Waals surface area contributed by atoms with Crippen molar-refractivity contribution in [3.8, 4) is 0 Å². The predicted molar refractivity (Wildman–Crippen MR) is 172 cm³/mol. The maximum absolute atomic E-state index is 14.4. The third-order valence-electron chi connectivity index (χ3n) is 7.25. The number of amides is 2. The molecule has 0 bridgehead atoms. The highest BCUT2D eigenvalue weighted by Gasteiger charge is 2.34. The molecule has 4 rings (SSSR count). The van der Waals surface area contributed by atoms with Gasteiger partial charge in [-0.05, 0) is 79.4 Å². The van der Waals surface area contributed by atoms with Crippen LogP contribution in [0.15, 0.2) is 108 Å². The average molecular weight is 618 g/mol. The molecule has 0 saturated carbocycles. The van der Waals surface area contributed by atoms with E-state index in [0.29, 0.717) is 22.8 Å². The van der Waals surface area contributed by atoms with E-state index in [9.17, 15) is 18.0 Å². The molecule has 0 radical (unpaired) electrons. The number of nitrogens with zero attached hydrogens (tertiary/aromatic N) is 2. The fourth-order valence-electron chi connectivity index (χ4n) is 4.81. The molecule has 0 aliphatic heterocycles. The summed E-state index contributed by atoms with van der Waals surface area (Å²) in [4.78, 5) is 29.5. The second-order valence-corrected chi connectivity index (χ2v) is 12.6. The zero-order valence-corrected chi connectivity index (χ0v) is 26.1. The lowest BCUT2D eigenvalue weighted by molar-refractivity contribution is -0.140. The number of sulfonamides is 1. The number of rotatable bonds is 12. The number of aryl methyl sites for hydroxylation is 2.